The van der Waals surface area contributed by atoms with Gasteiger partial charge in [-0.15, -0.1) is 0 Å². The Bertz CT molecular complexity index is 702. The molecule has 2 aromatic carbocycles. The Balaban J connectivity index is 2.80. The van der Waals surface area contributed by atoms with Crippen LogP contribution in [0.25, 0.3) is 11.1 Å². The van der Waals surface area contributed by atoms with Crippen molar-refractivity contribution in [3.8, 4) is 17.2 Å². The predicted octanol–water partition coefficient (Wildman–Crippen LogP) is 3.52. The Labute approximate surface area is 122 Å². The summed E-state index contributed by atoms with van der Waals surface area (Å²) in [6.07, 6.45) is 0. The Morgan fingerprint density at radius 2 is 1.95 bits per heavy atom. The first kappa shape index (κ1) is 14.1. The van der Waals surface area contributed by atoms with Crippen molar-refractivity contribution < 1.29 is 0 Å². The van der Waals surface area contributed by atoms with Gasteiger partial charge in [0.05, 0.1) is 16.9 Å². The third kappa shape index (κ3) is 2.37. The van der Waals surface area contributed by atoms with Crippen molar-refractivity contribution in [2.75, 3.05) is 12.1 Å². The number of rotatable bonds is 3. The number of hydrogen-bond acceptors (Lipinski definition) is 4. The monoisotopic (exact) mass is 284 g/mol. The van der Waals surface area contributed by atoms with Gasteiger partial charge in [-0.3, -0.25) is 4.99 Å². The maximum atomic E-state index is 9.48. The van der Waals surface area contributed by atoms with Crippen LogP contribution in [-0.2, 0) is 0 Å². The molecule has 0 amide bonds. The molecule has 0 atom stereocenters. The van der Waals surface area contributed by atoms with Crippen LogP contribution < -0.4 is 10.9 Å². The normalized spacial score (nSPS) is 9.90. The van der Waals surface area contributed by atoms with E-state index < -0.39 is 0 Å². The van der Waals surface area contributed by atoms with Crippen molar-refractivity contribution in [3.63, 3.8) is 0 Å². The van der Waals surface area contributed by atoms with Crippen molar-refractivity contribution in [3.05, 3.63) is 47.0 Å². The highest BCUT2D eigenvalue weighted by molar-refractivity contribution is 6.33. The number of benzene rings is 2. The van der Waals surface area contributed by atoms with E-state index in [0.717, 1.165) is 11.1 Å². The second-order valence-electron chi connectivity index (χ2n) is 4.22. The number of nitrogens with two attached hydrogens (primary N) is 1. The molecule has 0 aromatic heterocycles. The third-order valence-corrected chi connectivity index (χ3v) is 3.29. The number of nitrogens with zero attached hydrogens (tertiary/aromatic N) is 3. The van der Waals surface area contributed by atoms with E-state index in [0.29, 0.717) is 22.0 Å². The number of halogens is 1. The summed E-state index contributed by atoms with van der Waals surface area (Å²) in [5.74, 6) is 5.81. The first-order chi connectivity index (χ1) is 9.60. The highest BCUT2D eigenvalue weighted by Gasteiger charge is 2.17. The molecule has 100 valence electrons. The molecule has 20 heavy (non-hydrogen) atoms. The van der Waals surface area contributed by atoms with Crippen molar-refractivity contribution >= 4 is 29.7 Å². The molecule has 0 unspecified atom stereocenters. The number of hydrogen-bond donors (Lipinski definition) is 1. The molecule has 0 bridgehead atoms. The van der Waals surface area contributed by atoms with Crippen LogP contribution in [0.1, 0.15) is 5.56 Å². The summed E-state index contributed by atoms with van der Waals surface area (Å²) in [7, 11) is 1.65. The Hall–Kier alpha value is -2.35. The van der Waals surface area contributed by atoms with E-state index in [-0.39, 0.29) is 0 Å². The van der Waals surface area contributed by atoms with Crippen LogP contribution in [0.2, 0.25) is 5.02 Å². The minimum Gasteiger partial charge on any atom is -0.311 e. The van der Waals surface area contributed by atoms with E-state index in [2.05, 4.69) is 17.8 Å². The van der Waals surface area contributed by atoms with Crippen LogP contribution >= 0.6 is 11.6 Å². The molecule has 0 aliphatic heterocycles. The van der Waals surface area contributed by atoms with Gasteiger partial charge in [-0.1, -0.05) is 35.9 Å². The lowest BCUT2D eigenvalue weighted by Gasteiger charge is -2.19. The molecule has 0 aliphatic carbocycles. The first-order valence-corrected chi connectivity index (χ1v) is 6.25. The fraction of sp³-hybridized carbons (Fsp3) is 0.0667. The van der Waals surface area contributed by atoms with Crippen molar-refractivity contribution in [2.45, 2.75) is 0 Å². The van der Waals surface area contributed by atoms with Crippen LogP contribution in [0.4, 0.5) is 11.4 Å². The van der Waals surface area contributed by atoms with Crippen LogP contribution in [0.15, 0.2) is 41.4 Å². The fourth-order valence-electron chi connectivity index (χ4n) is 2.08. The zero-order chi connectivity index (χ0) is 14.7. The van der Waals surface area contributed by atoms with Gasteiger partial charge in [0.15, 0.2) is 0 Å². The van der Waals surface area contributed by atoms with Gasteiger partial charge in [-0.05, 0) is 18.9 Å². The van der Waals surface area contributed by atoms with Gasteiger partial charge in [-0.2, -0.15) is 5.26 Å². The van der Waals surface area contributed by atoms with Gasteiger partial charge in [0.25, 0.3) is 0 Å². The lowest BCUT2D eigenvalue weighted by atomic mass is 9.97. The van der Waals surface area contributed by atoms with Gasteiger partial charge in [-0.25, -0.2) is 5.84 Å². The van der Waals surface area contributed by atoms with Crippen molar-refractivity contribution in [2.24, 2.45) is 10.8 Å². The summed E-state index contributed by atoms with van der Waals surface area (Å²) in [6, 6.07) is 13.1. The van der Waals surface area contributed by atoms with Crippen molar-refractivity contribution in [1.82, 2.24) is 0 Å². The van der Waals surface area contributed by atoms with E-state index >= 15 is 0 Å². The Kier molecular flexibility index (Phi) is 4.04. The maximum absolute atomic E-state index is 9.48. The van der Waals surface area contributed by atoms with Crippen LogP contribution in [0, 0.1) is 11.3 Å². The second kappa shape index (κ2) is 5.74. The molecule has 0 saturated heterocycles. The SMILES string of the molecule is C=Nc1ccc(-c2ccccc2Cl)c(C#N)c1N(C)N. The molecule has 2 N–H and O–H groups in total. The molecule has 0 saturated carbocycles. The number of anilines is 1. The van der Waals surface area contributed by atoms with E-state index in [1.807, 2.05) is 18.2 Å². The van der Waals surface area contributed by atoms with Gasteiger partial charge >= 0.3 is 0 Å². The van der Waals surface area contributed by atoms with Gasteiger partial charge in [0, 0.05) is 23.2 Å². The number of aliphatic imine (C=N–C) groups is 1. The lowest BCUT2D eigenvalue weighted by Crippen LogP contribution is -2.26. The highest BCUT2D eigenvalue weighted by Crippen LogP contribution is 2.39. The molecule has 0 heterocycles. The smallest absolute Gasteiger partial charge is 0.102 e. The molecule has 5 heteroatoms. The lowest BCUT2D eigenvalue weighted by molar-refractivity contribution is 1.01. The molecule has 0 spiro atoms. The summed E-state index contributed by atoms with van der Waals surface area (Å²) in [5, 5.41) is 11.4. The first-order valence-electron chi connectivity index (χ1n) is 5.87. The molecule has 0 fully saturated rings. The molecule has 0 aliphatic rings. The summed E-state index contributed by atoms with van der Waals surface area (Å²) in [5.41, 5.74) is 3.01. The molecule has 0 radical (unpaired) electrons. The number of nitriles is 1. The van der Waals surface area contributed by atoms with Gasteiger partial charge in [0.2, 0.25) is 0 Å². The van der Waals surface area contributed by atoms with Crippen LogP contribution in [0.3, 0.4) is 0 Å². The molecular weight excluding hydrogens is 272 g/mol. The quantitative estimate of drug-likeness (QED) is 0.533. The summed E-state index contributed by atoms with van der Waals surface area (Å²) >= 11 is 6.20. The van der Waals surface area contributed by atoms with Gasteiger partial charge < -0.3 is 5.01 Å². The standard InChI is InChI=1S/C15H13ClN4/c1-19-14-8-7-10(11-5-3-4-6-13(11)16)12(9-17)15(14)20(2)18/h3-8H,1,18H2,2H3. The molecular formula is C15H13ClN4. The summed E-state index contributed by atoms with van der Waals surface area (Å²) < 4.78 is 0. The average Bonchev–Trinajstić information content (AvgIpc) is 2.46. The topological polar surface area (TPSA) is 65.4 Å². The largest absolute Gasteiger partial charge is 0.311 e. The predicted molar refractivity (Wildman–Crippen MR) is 83.4 cm³/mol. The van der Waals surface area contributed by atoms with Crippen LogP contribution in [-0.4, -0.2) is 13.8 Å². The van der Waals surface area contributed by atoms with Gasteiger partial charge in [0.1, 0.15) is 6.07 Å². The summed E-state index contributed by atoms with van der Waals surface area (Å²) in [6.45, 7) is 3.50. The Morgan fingerprint density at radius 3 is 2.50 bits per heavy atom. The zero-order valence-electron chi connectivity index (χ0n) is 11.0. The zero-order valence-corrected chi connectivity index (χ0v) is 11.7. The van der Waals surface area contributed by atoms with E-state index in [1.165, 1.54) is 5.01 Å². The summed E-state index contributed by atoms with van der Waals surface area (Å²) in [4.78, 5) is 3.90. The second-order valence-corrected chi connectivity index (χ2v) is 4.62. The van der Waals surface area contributed by atoms with E-state index in [1.54, 1.807) is 25.2 Å². The van der Waals surface area contributed by atoms with E-state index in [4.69, 9.17) is 17.4 Å². The maximum Gasteiger partial charge on any atom is 0.102 e. The fourth-order valence-corrected chi connectivity index (χ4v) is 2.32. The number of hydrazine groups is 1. The minimum absolute atomic E-state index is 0.424. The van der Waals surface area contributed by atoms with Crippen molar-refractivity contribution in [1.29, 1.82) is 5.26 Å². The molecule has 2 rings (SSSR count). The van der Waals surface area contributed by atoms with Crippen LogP contribution in [0.5, 0.6) is 0 Å². The third-order valence-electron chi connectivity index (χ3n) is 2.96. The average molecular weight is 285 g/mol. The van der Waals surface area contributed by atoms with E-state index in [9.17, 15) is 5.26 Å². The highest BCUT2D eigenvalue weighted by atomic mass is 35.5. The molecule has 2 aromatic rings. The molecule has 4 nitrogen and oxygen atoms in total. The minimum atomic E-state index is 0.424. The Morgan fingerprint density at radius 1 is 1.25 bits per heavy atom.